The van der Waals surface area contributed by atoms with Crippen LogP contribution in [0.1, 0.15) is 18.5 Å². The molecule has 1 atom stereocenters. The summed E-state index contributed by atoms with van der Waals surface area (Å²) in [5, 5.41) is 11.3. The zero-order valence-corrected chi connectivity index (χ0v) is 10.4. The maximum Gasteiger partial charge on any atom is 0.313 e. The van der Waals surface area contributed by atoms with Crippen LogP contribution in [0.3, 0.4) is 0 Å². The maximum atomic E-state index is 11.5. The number of carboxylic acids is 1. The third kappa shape index (κ3) is 5.40. The van der Waals surface area contributed by atoms with E-state index < -0.39 is 5.97 Å². The SMILES string of the molecule is C[C@H](NC(=O)CSCC(=O)O)c1ccccc1. The Kier molecular flexibility index (Phi) is 5.56. The van der Waals surface area contributed by atoms with Crippen molar-refractivity contribution < 1.29 is 14.7 Å². The molecule has 1 aromatic rings. The van der Waals surface area contributed by atoms with Crippen molar-refractivity contribution in [2.75, 3.05) is 11.5 Å². The molecule has 0 heterocycles. The number of hydrogen-bond acceptors (Lipinski definition) is 3. The van der Waals surface area contributed by atoms with Gasteiger partial charge in [0.05, 0.1) is 17.5 Å². The van der Waals surface area contributed by atoms with Crippen LogP contribution in [0, 0.1) is 0 Å². The molecule has 92 valence electrons. The number of rotatable bonds is 6. The molecule has 0 radical (unpaired) electrons. The molecule has 0 aliphatic carbocycles. The van der Waals surface area contributed by atoms with Gasteiger partial charge in [0.2, 0.25) is 5.91 Å². The van der Waals surface area contributed by atoms with E-state index >= 15 is 0 Å². The minimum Gasteiger partial charge on any atom is -0.481 e. The van der Waals surface area contributed by atoms with E-state index in [1.165, 1.54) is 0 Å². The molecule has 0 aliphatic rings. The Morgan fingerprint density at radius 2 is 1.94 bits per heavy atom. The zero-order chi connectivity index (χ0) is 12.7. The Bertz CT molecular complexity index is 381. The first-order valence-electron chi connectivity index (χ1n) is 5.23. The van der Waals surface area contributed by atoms with E-state index in [1.54, 1.807) is 0 Å². The maximum absolute atomic E-state index is 11.5. The number of amides is 1. The van der Waals surface area contributed by atoms with E-state index in [2.05, 4.69) is 5.32 Å². The summed E-state index contributed by atoms with van der Waals surface area (Å²) in [4.78, 5) is 21.8. The molecule has 1 amide bonds. The fraction of sp³-hybridized carbons (Fsp3) is 0.333. The van der Waals surface area contributed by atoms with Gasteiger partial charge < -0.3 is 10.4 Å². The summed E-state index contributed by atoms with van der Waals surface area (Å²) in [5.41, 5.74) is 1.03. The molecule has 0 fully saturated rings. The Morgan fingerprint density at radius 3 is 2.53 bits per heavy atom. The van der Waals surface area contributed by atoms with Crippen molar-refractivity contribution in [3.63, 3.8) is 0 Å². The number of thioether (sulfide) groups is 1. The summed E-state index contributed by atoms with van der Waals surface area (Å²) in [5.74, 6) is -0.928. The average Bonchev–Trinajstić information content (AvgIpc) is 2.29. The van der Waals surface area contributed by atoms with Crippen molar-refractivity contribution in [3.8, 4) is 0 Å². The van der Waals surface area contributed by atoms with Gasteiger partial charge in [0.15, 0.2) is 0 Å². The van der Waals surface area contributed by atoms with Gasteiger partial charge in [-0.05, 0) is 12.5 Å². The van der Waals surface area contributed by atoms with Crippen LogP contribution in [0.25, 0.3) is 0 Å². The van der Waals surface area contributed by atoms with Crippen molar-refractivity contribution in [1.29, 1.82) is 0 Å². The average molecular weight is 253 g/mol. The van der Waals surface area contributed by atoms with Gasteiger partial charge in [-0.1, -0.05) is 30.3 Å². The minimum atomic E-state index is -0.904. The fourth-order valence-electron chi connectivity index (χ4n) is 1.34. The normalized spacial score (nSPS) is 11.8. The van der Waals surface area contributed by atoms with E-state index in [4.69, 9.17) is 5.11 Å². The van der Waals surface area contributed by atoms with Crippen LogP contribution < -0.4 is 5.32 Å². The second-order valence-corrected chi connectivity index (χ2v) is 4.57. The molecule has 0 bridgehead atoms. The van der Waals surface area contributed by atoms with Crippen LogP contribution in [0.2, 0.25) is 0 Å². The quantitative estimate of drug-likeness (QED) is 0.809. The summed E-state index contributed by atoms with van der Waals surface area (Å²) in [6.07, 6.45) is 0. The molecule has 0 saturated heterocycles. The lowest BCUT2D eigenvalue weighted by Gasteiger charge is -2.13. The van der Waals surface area contributed by atoms with E-state index in [0.29, 0.717) is 0 Å². The standard InChI is InChI=1S/C12H15NO3S/c1-9(10-5-3-2-4-6-10)13-11(14)7-17-8-12(15)16/h2-6,9H,7-8H2,1H3,(H,13,14)(H,15,16)/t9-/m0/s1. The first kappa shape index (κ1) is 13.6. The van der Waals surface area contributed by atoms with Crippen LogP contribution in [-0.2, 0) is 9.59 Å². The monoisotopic (exact) mass is 253 g/mol. The molecular formula is C12H15NO3S. The topological polar surface area (TPSA) is 66.4 Å². The first-order valence-corrected chi connectivity index (χ1v) is 6.39. The molecule has 17 heavy (non-hydrogen) atoms. The van der Waals surface area contributed by atoms with Crippen molar-refractivity contribution in [3.05, 3.63) is 35.9 Å². The van der Waals surface area contributed by atoms with Crippen molar-refractivity contribution >= 4 is 23.6 Å². The Balaban J connectivity index is 2.34. The zero-order valence-electron chi connectivity index (χ0n) is 9.55. The van der Waals surface area contributed by atoms with Crippen molar-refractivity contribution in [1.82, 2.24) is 5.32 Å². The molecule has 4 nitrogen and oxygen atoms in total. The number of carbonyl (C=O) groups is 2. The third-order valence-electron chi connectivity index (χ3n) is 2.14. The lowest BCUT2D eigenvalue weighted by Crippen LogP contribution is -2.28. The molecule has 0 aliphatic heterocycles. The predicted molar refractivity (Wildman–Crippen MR) is 68.0 cm³/mol. The van der Waals surface area contributed by atoms with Gasteiger partial charge in [0, 0.05) is 0 Å². The van der Waals surface area contributed by atoms with Crippen LogP contribution in [0.5, 0.6) is 0 Å². The third-order valence-corrected chi connectivity index (χ3v) is 3.05. The molecule has 0 spiro atoms. The predicted octanol–water partition coefficient (Wildman–Crippen LogP) is 1.68. The second-order valence-electron chi connectivity index (χ2n) is 3.59. The fourth-order valence-corrected chi connectivity index (χ4v) is 1.88. The summed E-state index contributed by atoms with van der Waals surface area (Å²) >= 11 is 1.10. The summed E-state index contributed by atoms with van der Waals surface area (Å²) in [7, 11) is 0. The van der Waals surface area contributed by atoms with Crippen molar-refractivity contribution in [2.24, 2.45) is 0 Å². The Labute approximate surface area is 104 Å². The van der Waals surface area contributed by atoms with Gasteiger partial charge in [-0.2, -0.15) is 0 Å². The Morgan fingerprint density at radius 1 is 1.29 bits per heavy atom. The van der Waals surface area contributed by atoms with Gasteiger partial charge in [-0.25, -0.2) is 0 Å². The molecule has 1 rings (SSSR count). The highest BCUT2D eigenvalue weighted by molar-refractivity contribution is 8.00. The van der Waals surface area contributed by atoms with Gasteiger partial charge in [-0.3, -0.25) is 9.59 Å². The largest absolute Gasteiger partial charge is 0.481 e. The van der Waals surface area contributed by atoms with Gasteiger partial charge in [-0.15, -0.1) is 11.8 Å². The summed E-state index contributed by atoms with van der Waals surface area (Å²) in [6.45, 7) is 1.90. The molecular weight excluding hydrogens is 238 g/mol. The number of carboxylic acid groups (broad SMARTS) is 1. The summed E-state index contributed by atoms with van der Waals surface area (Å²) < 4.78 is 0. The molecule has 5 heteroatoms. The highest BCUT2D eigenvalue weighted by Crippen LogP contribution is 2.11. The minimum absolute atomic E-state index is 0.0485. The number of aliphatic carboxylic acids is 1. The van der Waals surface area contributed by atoms with E-state index in [-0.39, 0.29) is 23.5 Å². The van der Waals surface area contributed by atoms with E-state index in [9.17, 15) is 9.59 Å². The second kappa shape index (κ2) is 6.96. The molecule has 0 unspecified atom stereocenters. The molecule has 0 saturated carbocycles. The lowest BCUT2D eigenvalue weighted by molar-refractivity contribution is -0.133. The number of benzene rings is 1. The molecule has 1 aromatic carbocycles. The van der Waals surface area contributed by atoms with Crippen LogP contribution in [0.15, 0.2) is 30.3 Å². The highest BCUT2D eigenvalue weighted by atomic mass is 32.2. The van der Waals surface area contributed by atoms with Gasteiger partial charge in [0.25, 0.3) is 0 Å². The molecule has 0 aromatic heterocycles. The van der Waals surface area contributed by atoms with Gasteiger partial charge in [0.1, 0.15) is 0 Å². The highest BCUT2D eigenvalue weighted by Gasteiger charge is 2.09. The van der Waals surface area contributed by atoms with Crippen molar-refractivity contribution in [2.45, 2.75) is 13.0 Å². The van der Waals surface area contributed by atoms with E-state index in [1.807, 2.05) is 37.3 Å². The number of carbonyl (C=O) groups excluding carboxylic acids is 1. The summed E-state index contributed by atoms with van der Waals surface area (Å²) in [6, 6.07) is 9.56. The smallest absolute Gasteiger partial charge is 0.313 e. The first-order chi connectivity index (χ1) is 8.09. The number of nitrogens with one attached hydrogen (secondary N) is 1. The van der Waals surface area contributed by atoms with Crippen LogP contribution in [-0.4, -0.2) is 28.5 Å². The lowest BCUT2D eigenvalue weighted by atomic mass is 10.1. The number of hydrogen-bond donors (Lipinski definition) is 2. The molecule has 2 N–H and O–H groups in total. The van der Waals surface area contributed by atoms with Gasteiger partial charge >= 0.3 is 5.97 Å². The Hall–Kier alpha value is -1.49. The van der Waals surface area contributed by atoms with Crippen LogP contribution >= 0.6 is 11.8 Å². The van der Waals surface area contributed by atoms with E-state index in [0.717, 1.165) is 17.3 Å². The van der Waals surface area contributed by atoms with Crippen LogP contribution in [0.4, 0.5) is 0 Å².